The van der Waals surface area contributed by atoms with E-state index in [2.05, 4.69) is 44.8 Å². The van der Waals surface area contributed by atoms with E-state index in [-0.39, 0.29) is 0 Å². The molecular formula is C13H13BrClNS2. The number of halogens is 2. The van der Waals surface area contributed by atoms with Gasteiger partial charge >= 0.3 is 0 Å². The van der Waals surface area contributed by atoms with Crippen LogP contribution in [-0.2, 0) is 6.54 Å². The molecule has 2 aromatic rings. The minimum atomic E-state index is 0.792. The Bertz CT molecular complexity index is 484. The molecule has 0 aliphatic heterocycles. The second kappa shape index (κ2) is 7.56. The van der Waals surface area contributed by atoms with Crippen LogP contribution in [0, 0.1) is 0 Å². The summed E-state index contributed by atoms with van der Waals surface area (Å²) in [4.78, 5) is 2.62. The molecule has 96 valence electrons. The molecule has 0 aliphatic carbocycles. The maximum absolute atomic E-state index is 5.84. The van der Waals surface area contributed by atoms with Crippen LogP contribution >= 0.6 is 50.6 Å². The van der Waals surface area contributed by atoms with Gasteiger partial charge in [0.2, 0.25) is 0 Å². The van der Waals surface area contributed by atoms with Crippen molar-refractivity contribution in [3.05, 3.63) is 50.1 Å². The molecule has 1 aromatic heterocycles. The van der Waals surface area contributed by atoms with E-state index < -0.39 is 0 Å². The fraction of sp³-hybridized carbons (Fsp3) is 0.231. The van der Waals surface area contributed by atoms with E-state index in [4.69, 9.17) is 11.6 Å². The lowest BCUT2D eigenvalue weighted by molar-refractivity contribution is 0.741. The molecule has 0 saturated heterocycles. The number of thioether (sulfide) groups is 1. The average Bonchev–Trinajstić information content (AvgIpc) is 2.77. The van der Waals surface area contributed by atoms with Crippen LogP contribution in [0.5, 0.6) is 0 Å². The molecule has 0 saturated carbocycles. The maximum atomic E-state index is 5.84. The molecule has 0 fully saturated rings. The average molecular weight is 363 g/mol. The Morgan fingerprint density at radius 1 is 1.28 bits per heavy atom. The fourth-order valence-electron chi connectivity index (χ4n) is 1.43. The van der Waals surface area contributed by atoms with Gasteiger partial charge in [0, 0.05) is 43.5 Å². The van der Waals surface area contributed by atoms with Crippen molar-refractivity contribution in [3.8, 4) is 0 Å². The number of benzene rings is 1. The summed E-state index contributed by atoms with van der Waals surface area (Å²) < 4.78 is 1.17. The molecule has 18 heavy (non-hydrogen) atoms. The van der Waals surface area contributed by atoms with Crippen molar-refractivity contribution in [2.24, 2.45) is 0 Å². The molecule has 1 nitrogen and oxygen atoms in total. The van der Waals surface area contributed by atoms with Crippen molar-refractivity contribution in [3.63, 3.8) is 0 Å². The van der Waals surface area contributed by atoms with Crippen molar-refractivity contribution in [1.82, 2.24) is 5.32 Å². The van der Waals surface area contributed by atoms with Crippen molar-refractivity contribution in [1.29, 1.82) is 0 Å². The fourth-order valence-corrected chi connectivity index (χ4v) is 3.79. The summed E-state index contributed by atoms with van der Waals surface area (Å²) >= 11 is 12.9. The highest BCUT2D eigenvalue weighted by Gasteiger charge is 1.97. The summed E-state index contributed by atoms with van der Waals surface area (Å²) in [5.41, 5.74) is 0. The van der Waals surface area contributed by atoms with Crippen LogP contribution < -0.4 is 5.32 Å². The number of thiophene rings is 1. The second-order valence-electron chi connectivity index (χ2n) is 3.71. The van der Waals surface area contributed by atoms with E-state index in [1.54, 1.807) is 11.3 Å². The van der Waals surface area contributed by atoms with Crippen LogP contribution in [0.3, 0.4) is 0 Å². The van der Waals surface area contributed by atoms with Crippen LogP contribution in [0.25, 0.3) is 0 Å². The van der Waals surface area contributed by atoms with Gasteiger partial charge < -0.3 is 5.32 Å². The van der Waals surface area contributed by atoms with Gasteiger partial charge in [-0.15, -0.1) is 23.1 Å². The number of hydrogen-bond donors (Lipinski definition) is 1. The second-order valence-corrected chi connectivity index (χ2v) is 7.23. The summed E-state index contributed by atoms with van der Waals surface area (Å²) in [5, 5.41) is 6.34. The third-order valence-corrected chi connectivity index (χ3v) is 5.25. The normalized spacial score (nSPS) is 10.8. The summed E-state index contributed by atoms with van der Waals surface area (Å²) in [6, 6.07) is 10.1. The minimum absolute atomic E-state index is 0.792. The smallest absolute Gasteiger partial charge is 0.0406 e. The number of rotatable bonds is 6. The van der Waals surface area contributed by atoms with E-state index in [0.29, 0.717) is 0 Å². The zero-order chi connectivity index (χ0) is 12.8. The van der Waals surface area contributed by atoms with Crippen molar-refractivity contribution in [2.75, 3.05) is 12.3 Å². The van der Waals surface area contributed by atoms with Crippen molar-refractivity contribution < 1.29 is 0 Å². The van der Waals surface area contributed by atoms with E-state index in [1.807, 2.05) is 23.9 Å². The molecule has 5 heteroatoms. The van der Waals surface area contributed by atoms with Crippen LogP contribution in [0.15, 0.2) is 45.1 Å². The van der Waals surface area contributed by atoms with Crippen LogP contribution in [0.1, 0.15) is 4.88 Å². The molecule has 0 aliphatic rings. The number of nitrogens with one attached hydrogen (secondary N) is 1. The van der Waals surface area contributed by atoms with Crippen LogP contribution in [0.4, 0.5) is 0 Å². The first-order chi connectivity index (χ1) is 8.74. The lowest BCUT2D eigenvalue weighted by atomic mass is 10.4. The summed E-state index contributed by atoms with van der Waals surface area (Å²) in [5.74, 6) is 1.06. The molecule has 0 spiro atoms. The van der Waals surface area contributed by atoms with E-state index in [0.717, 1.165) is 23.9 Å². The quantitative estimate of drug-likeness (QED) is 0.570. The maximum Gasteiger partial charge on any atom is 0.0406 e. The van der Waals surface area contributed by atoms with Gasteiger partial charge in [0.1, 0.15) is 0 Å². The molecule has 0 amide bonds. The SMILES string of the molecule is Clc1ccc(SCCNCc2cc(Br)cs2)cc1. The zero-order valence-electron chi connectivity index (χ0n) is 9.66. The highest BCUT2D eigenvalue weighted by molar-refractivity contribution is 9.10. The summed E-state index contributed by atoms with van der Waals surface area (Å²) in [6.45, 7) is 1.94. The lowest BCUT2D eigenvalue weighted by Gasteiger charge is -2.03. The molecule has 1 heterocycles. The largest absolute Gasteiger partial charge is 0.311 e. The van der Waals surface area contributed by atoms with Crippen LogP contribution in [-0.4, -0.2) is 12.3 Å². The molecule has 0 unspecified atom stereocenters. The Morgan fingerprint density at radius 2 is 2.06 bits per heavy atom. The summed E-state index contributed by atoms with van der Waals surface area (Å²) in [6.07, 6.45) is 0. The first kappa shape index (κ1) is 14.4. The Labute approximate surface area is 129 Å². The standard InChI is InChI=1S/C13H13BrClNS2/c14-10-7-13(18-9-10)8-16-5-6-17-12-3-1-11(15)2-4-12/h1-4,7,9,16H,5-6,8H2. The number of hydrogen-bond acceptors (Lipinski definition) is 3. The van der Waals surface area contributed by atoms with Gasteiger partial charge in [-0.1, -0.05) is 11.6 Å². The third kappa shape index (κ3) is 4.94. The van der Waals surface area contributed by atoms with Gasteiger partial charge in [0.15, 0.2) is 0 Å². The van der Waals surface area contributed by atoms with Gasteiger partial charge in [0.25, 0.3) is 0 Å². The van der Waals surface area contributed by atoms with E-state index >= 15 is 0 Å². The minimum Gasteiger partial charge on any atom is -0.311 e. The highest BCUT2D eigenvalue weighted by Crippen LogP contribution is 2.21. The van der Waals surface area contributed by atoms with E-state index in [9.17, 15) is 0 Å². The Kier molecular flexibility index (Phi) is 6.05. The van der Waals surface area contributed by atoms with Gasteiger partial charge in [-0.3, -0.25) is 0 Å². The molecule has 0 radical (unpaired) electrons. The van der Waals surface area contributed by atoms with Crippen LogP contribution in [0.2, 0.25) is 5.02 Å². The Morgan fingerprint density at radius 3 is 2.72 bits per heavy atom. The Hall–Kier alpha value is -0.000000000000000111. The first-order valence-electron chi connectivity index (χ1n) is 5.56. The monoisotopic (exact) mass is 361 g/mol. The first-order valence-corrected chi connectivity index (χ1v) is 8.59. The lowest BCUT2D eigenvalue weighted by Crippen LogP contribution is -2.15. The van der Waals surface area contributed by atoms with Gasteiger partial charge in [-0.2, -0.15) is 0 Å². The predicted octanol–water partition coefficient (Wildman–Crippen LogP) is 5.05. The topological polar surface area (TPSA) is 12.0 Å². The Balaban J connectivity index is 1.63. The third-order valence-electron chi connectivity index (χ3n) is 2.28. The highest BCUT2D eigenvalue weighted by atomic mass is 79.9. The van der Waals surface area contributed by atoms with Gasteiger partial charge in [-0.25, -0.2) is 0 Å². The molecular weight excluding hydrogens is 350 g/mol. The molecule has 0 bridgehead atoms. The predicted molar refractivity (Wildman–Crippen MR) is 85.9 cm³/mol. The molecule has 0 atom stereocenters. The molecule has 1 N–H and O–H groups in total. The zero-order valence-corrected chi connectivity index (χ0v) is 13.6. The molecule has 1 aromatic carbocycles. The van der Waals surface area contributed by atoms with Gasteiger partial charge in [0.05, 0.1) is 0 Å². The summed E-state index contributed by atoms with van der Waals surface area (Å²) in [7, 11) is 0. The van der Waals surface area contributed by atoms with Crippen molar-refractivity contribution >= 4 is 50.6 Å². The molecule has 2 rings (SSSR count). The van der Waals surface area contributed by atoms with E-state index in [1.165, 1.54) is 14.2 Å². The van der Waals surface area contributed by atoms with Gasteiger partial charge in [-0.05, 0) is 46.3 Å². The van der Waals surface area contributed by atoms with Crippen molar-refractivity contribution in [2.45, 2.75) is 11.4 Å².